The molecule has 1 aliphatic heterocycles. The molecule has 1 heterocycles. The van der Waals surface area contributed by atoms with E-state index in [0.29, 0.717) is 19.4 Å². The quantitative estimate of drug-likeness (QED) is 0.870. The lowest BCUT2D eigenvalue weighted by Crippen LogP contribution is -2.41. The van der Waals surface area contributed by atoms with Gasteiger partial charge in [-0.1, -0.05) is 12.1 Å². The van der Waals surface area contributed by atoms with E-state index < -0.39 is 5.79 Å². The first-order valence-corrected chi connectivity index (χ1v) is 7.29. The van der Waals surface area contributed by atoms with Crippen LogP contribution in [-0.2, 0) is 20.7 Å². The SMILES string of the molecule is COc1ccc(CC(=O)NCCC2(C)OCCCO2)cc1. The summed E-state index contributed by atoms with van der Waals surface area (Å²) < 4.78 is 16.3. The van der Waals surface area contributed by atoms with Crippen LogP contribution in [0.4, 0.5) is 0 Å². The first-order chi connectivity index (χ1) is 10.1. The second-order valence-electron chi connectivity index (χ2n) is 5.31. The fourth-order valence-electron chi connectivity index (χ4n) is 2.24. The molecule has 2 rings (SSSR count). The van der Waals surface area contributed by atoms with Crippen LogP contribution in [0.2, 0.25) is 0 Å². The number of hydrogen-bond donors (Lipinski definition) is 1. The minimum atomic E-state index is -0.564. The number of amides is 1. The molecule has 0 bridgehead atoms. The topological polar surface area (TPSA) is 56.8 Å². The van der Waals surface area contributed by atoms with Gasteiger partial charge in [0.2, 0.25) is 5.91 Å². The zero-order valence-corrected chi connectivity index (χ0v) is 12.7. The maximum atomic E-state index is 11.9. The molecule has 21 heavy (non-hydrogen) atoms. The number of rotatable bonds is 6. The number of benzene rings is 1. The van der Waals surface area contributed by atoms with E-state index in [1.54, 1.807) is 7.11 Å². The summed E-state index contributed by atoms with van der Waals surface area (Å²) in [6.07, 6.45) is 1.95. The predicted molar refractivity (Wildman–Crippen MR) is 79.3 cm³/mol. The Morgan fingerprint density at radius 3 is 2.57 bits per heavy atom. The molecule has 116 valence electrons. The first-order valence-electron chi connectivity index (χ1n) is 7.29. The summed E-state index contributed by atoms with van der Waals surface area (Å²) in [7, 11) is 1.62. The van der Waals surface area contributed by atoms with Gasteiger partial charge in [-0.15, -0.1) is 0 Å². The average Bonchev–Trinajstić information content (AvgIpc) is 2.48. The lowest BCUT2D eigenvalue weighted by atomic mass is 10.1. The molecule has 1 aliphatic rings. The molecular formula is C16H23NO4. The Morgan fingerprint density at radius 2 is 1.95 bits per heavy atom. The van der Waals surface area contributed by atoms with Crippen LogP contribution in [-0.4, -0.2) is 38.6 Å². The van der Waals surface area contributed by atoms with E-state index in [4.69, 9.17) is 14.2 Å². The Bertz CT molecular complexity index is 452. The lowest BCUT2D eigenvalue weighted by molar-refractivity contribution is -0.257. The molecule has 0 aromatic heterocycles. The molecule has 5 nitrogen and oxygen atoms in total. The minimum absolute atomic E-state index is 0.000392. The van der Waals surface area contributed by atoms with Crippen LogP contribution in [0.5, 0.6) is 5.75 Å². The molecule has 0 saturated carbocycles. The van der Waals surface area contributed by atoms with Gasteiger partial charge in [-0.25, -0.2) is 0 Å². The van der Waals surface area contributed by atoms with Crippen LogP contribution < -0.4 is 10.1 Å². The number of nitrogens with one attached hydrogen (secondary N) is 1. The van der Waals surface area contributed by atoms with Gasteiger partial charge < -0.3 is 19.5 Å². The van der Waals surface area contributed by atoms with Gasteiger partial charge in [0, 0.05) is 13.0 Å². The smallest absolute Gasteiger partial charge is 0.224 e. The summed E-state index contributed by atoms with van der Waals surface area (Å²) in [5, 5.41) is 2.90. The van der Waals surface area contributed by atoms with Crippen molar-refractivity contribution < 1.29 is 19.0 Å². The molecule has 0 radical (unpaired) electrons. The van der Waals surface area contributed by atoms with Gasteiger partial charge in [0.05, 0.1) is 26.7 Å². The largest absolute Gasteiger partial charge is 0.497 e. The Labute approximate surface area is 125 Å². The summed E-state index contributed by atoms with van der Waals surface area (Å²) in [4.78, 5) is 11.9. The van der Waals surface area contributed by atoms with Gasteiger partial charge in [0.25, 0.3) is 0 Å². The highest BCUT2D eigenvalue weighted by Gasteiger charge is 2.28. The van der Waals surface area contributed by atoms with Gasteiger partial charge in [-0.05, 0) is 31.0 Å². The van der Waals surface area contributed by atoms with Crippen molar-refractivity contribution in [3.63, 3.8) is 0 Å². The highest BCUT2D eigenvalue weighted by Crippen LogP contribution is 2.21. The molecule has 0 spiro atoms. The number of methoxy groups -OCH3 is 1. The highest BCUT2D eigenvalue weighted by molar-refractivity contribution is 5.78. The molecule has 0 aliphatic carbocycles. The molecule has 0 atom stereocenters. The Morgan fingerprint density at radius 1 is 1.29 bits per heavy atom. The lowest BCUT2D eigenvalue weighted by Gasteiger charge is -2.33. The summed E-state index contributed by atoms with van der Waals surface area (Å²) in [5.74, 6) is 0.226. The molecule has 1 amide bonds. The van der Waals surface area contributed by atoms with Crippen LogP contribution in [0, 0.1) is 0 Å². The molecule has 1 N–H and O–H groups in total. The zero-order valence-electron chi connectivity index (χ0n) is 12.7. The number of ether oxygens (including phenoxy) is 3. The fourth-order valence-corrected chi connectivity index (χ4v) is 2.24. The predicted octanol–water partition coefficient (Wildman–Crippen LogP) is 1.90. The van der Waals surface area contributed by atoms with Crippen LogP contribution in [0.3, 0.4) is 0 Å². The van der Waals surface area contributed by atoms with Crippen molar-refractivity contribution in [2.24, 2.45) is 0 Å². The Balaban J connectivity index is 1.71. The number of carbonyl (C=O) groups is 1. The average molecular weight is 293 g/mol. The van der Waals surface area contributed by atoms with E-state index in [2.05, 4.69) is 5.32 Å². The monoisotopic (exact) mass is 293 g/mol. The number of hydrogen-bond acceptors (Lipinski definition) is 4. The van der Waals surface area contributed by atoms with Gasteiger partial charge in [0.15, 0.2) is 5.79 Å². The van der Waals surface area contributed by atoms with Crippen molar-refractivity contribution in [1.29, 1.82) is 0 Å². The van der Waals surface area contributed by atoms with Crippen molar-refractivity contribution in [2.45, 2.75) is 32.0 Å². The third-order valence-corrected chi connectivity index (χ3v) is 3.53. The standard InChI is InChI=1S/C16H23NO4/c1-16(20-10-3-11-21-16)8-9-17-15(18)12-13-4-6-14(19-2)7-5-13/h4-7H,3,8-12H2,1-2H3,(H,17,18). The van der Waals surface area contributed by atoms with E-state index in [1.165, 1.54) is 0 Å². The molecular weight excluding hydrogens is 270 g/mol. The first kappa shape index (κ1) is 15.8. The maximum absolute atomic E-state index is 11.9. The van der Waals surface area contributed by atoms with Crippen molar-refractivity contribution in [2.75, 3.05) is 26.9 Å². The second kappa shape index (κ2) is 7.43. The van der Waals surface area contributed by atoms with E-state index >= 15 is 0 Å². The van der Waals surface area contributed by atoms with Crippen LogP contribution in [0.15, 0.2) is 24.3 Å². The molecule has 5 heteroatoms. The molecule has 1 aromatic carbocycles. The Kier molecular flexibility index (Phi) is 5.59. The Hall–Kier alpha value is -1.59. The summed E-state index contributed by atoms with van der Waals surface area (Å²) in [6.45, 7) is 3.90. The minimum Gasteiger partial charge on any atom is -0.497 e. The summed E-state index contributed by atoms with van der Waals surface area (Å²) in [5.41, 5.74) is 0.963. The number of carbonyl (C=O) groups excluding carboxylic acids is 1. The van der Waals surface area contributed by atoms with Gasteiger partial charge >= 0.3 is 0 Å². The van der Waals surface area contributed by atoms with E-state index in [-0.39, 0.29) is 5.91 Å². The van der Waals surface area contributed by atoms with Crippen LogP contribution >= 0.6 is 0 Å². The normalized spacial score (nSPS) is 17.2. The van der Waals surface area contributed by atoms with Crippen molar-refractivity contribution in [3.05, 3.63) is 29.8 Å². The fraction of sp³-hybridized carbons (Fsp3) is 0.562. The third-order valence-electron chi connectivity index (χ3n) is 3.53. The van der Waals surface area contributed by atoms with Crippen molar-refractivity contribution in [3.8, 4) is 5.75 Å². The van der Waals surface area contributed by atoms with E-state index in [1.807, 2.05) is 31.2 Å². The zero-order chi connectivity index (χ0) is 15.1. The van der Waals surface area contributed by atoms with Gasteiger partial charge in [-0.3, -0.25) is 4.79 Å². The van der Waals surface area contributed by atoms with Crippen LogP contribution in [0.1, 0.15) is 25.3 Å². The molecule has 1 fully saturated rings. The molecule has 0 unspecified atom stereocenters. The molecule has 1 saturated heterocycles. The summed E-state index contributed by atoms with van der Waals surface area (Å²) >= 11 is 0. The van der Waals surface area contributed by atoms with Gasteiger partial charge in [0.1, 0.15) is 5.75 Å². The van der Waals surface area contributed by atoms with Gasteiger partial charge in [-0.2, -0.15) is 0 Å². The van der Waals surface area contributed by atoms with Crippen LogP contribution in [0.25, 0.3) is 0 Å². The van der Waals surface area contributed by atoms with Crippen molar-refractivity contribution in [1.82, 2.24) is 5.32 Å². The van der Waals surface area contributed by atoms with E-state index in [0.717, 1.165) is 30.9 Å². The third kappa shape index (κ3) is 5.02. The molecule has 1 aromatic rings. The van der Waals surface area contributed by atoms with E-state index in [9.17, 15) is 4.79 Å². The van der Waals surface area contributed by atoms with Crippen molar-refractivity contribution >= 4 is 5.91 Å². The summed E-state index contributed by atoms with van der Waals surface area (Å²) in [6, 6.07) is 7.50. The highest BCUT2D eigenvalue weighted by atomic mass is 16.7. The second-order valence-corrected chi connectivity index (χ2v) is 5.31. The maximum Gasteiger partial charge on any atom is 0.224 e.